The summed E-state index contributed by atoms with van der Waals surface area (Å²) in [5.74, 6) is 0. The molecular weight excluding hydrogens is 270 g/mol. The number of pyridine rings is 1. The van der Waals surface area contributed by atoms with Gasteiger partial charge in [-0.2, -0.15) is 13.2 Å². The largest absolute Gasteiger partial charge is 0.419 e. The maximum absolute atomic E-state index is 12.2. The molecule has 0 radical (unpaired) electrons. The second-order valence-electron chi connectivity index (χ2n) is 2.39. The molecule has 0 aliphatic heterocycles. The molecule has 0 aliphatic rings. The predicted molar refractivity (Wildman–Crippen MR) is 46.7 cm³/mol. The highest BCUT2D eigenvalue weighted by atomic mass is 79.9. The number of hydrogen-bond donors (Lipinski definition) is 0. The summed E-state index contributed by atoms with van der Waals surface area (Å²) in [6.07, 6.45) is -4.46. The van der Waals surface area contributed by atoms with E-state index in [1.165, 1.54) is 0 Å². The smallest absolute Gasteiger partial charge is 0.240 e. The SMILES string of the molecule is Cc1nc(Cl)c(C(F)(F)F)cc1Br. The van der Waals surface area contributed by atoms with E-state index in [4.69, 9.17) is 11.6 Å². The predicted octanol–water partition coefficient (Wildman–Crippen LogP) is 3.82. The van der Waals surface area contributed by atoms with Gasteiger partial charge in [0, 0.05) is 4.47 Å². The van der Waals surface area contributed by atoms with Crippen LogP contribution in [0, 0.1) is 6.92 Å². The summed E-state index contributed by atoms with van der Waals surface area (Å²) in [7, 11) is 0. The Bertz CT molecular complexity index is 337. The molecule has 0 fully saturated rings. The highest BCUT2D eigenvalue weighted by Crippen LogP contribution is 2.35. The summed E-state index contributed by atoms with van der Waals surface area (Å²) in [4.78, 5) is 3.54. The number of aryl methyl sites for hydroxylation is 1. The molecule has 0 amide bonds. The molecule has 0 unspecified atom stereocenters. The second kappa shape index (κ2) is 3.46. The molecule has 0 atom stereocenters. The van der Waals surface area contributed by atoms with Crippen LogP contribution in [0.25, 0.3) is 0 Å². The van der Waals surface area contributed by atoms with Crippen molar-refractivity contribution in [3.05, 3.63) is 26.9 Å². The van der Waals surface area contributed by atoms with E-state index in [2.05, 4.69) is 20.9 Å². The molecule has 0 N–H and O–H groups in total. The van der Waals surface area contributed by atoms with Crippen LogP contribution in [-0.4, -0.2) is 4.98 Å². The maximum atomic E-state index is 12.2. The Morgan fingerprint density at radius 2 is 2.00 bits per heavy atom. The fourth-order valence-corrected chi connectivity index (χ4v) is 1.36. The van der Waals surface area contributed by atoms with Crippen molar-refractivity contribution < 1.29 is 13.2 Å². The molecule has 72 valence electrons. The van der Waals surface area contributed by atoms with Crippen molar-refractivity contribution in [2.45, 2.75) is 13.1 Å². The summed E-state index contributed by atoms with van der Waals surface area (Å²) in [5.41, 5.74) is -0.496. The normalized spacial score (nSPS) is 11.8. The lowest BCUT2D eigenvalue weighted by Crippen LogP contribution is -2.07. The van der Waals surface area contributed by atoms with Crippen molar-refractivity contribution in [3.8, 4) is 0 Å². The summed E-state index contributed by atoms with van der Waals surface area (Å²) in [6.45, 7) is 1.57. The number of alkyl halides is 3. The van der Waals surface area contributed by atoms with Gasteiger partial charge in [-0.05, 0) is 28.9 Å². The third-order valence-corrected chi connectivity index (χ3v) is 2.50. The minimum Gasteiger partial charge on any atom is -0.240 e. The van der Waals surface area contributed by atoms with Crippen LogP contribution < -0.4 is 0 Å². The van der Waals surface area contributed by atoms with Gasteiger partial charge >= 0.3 is 6.18 Å². The van der Waals surface area contributed by atoms with E-state index in [1.54, 1.807) is 6.92 Å². The average Bonchev–Trinajstić information content (AvgIpc) is 1.94. The van der Waals surface area contributed by atoms with Crippen LogP contribution in [0.3, 0.4) is 0 Å². The molecule has 6 heteroatoms. The molecule has 1 nitrogen and oxygen atoms in total. The van der Waals surface area contributed by atoms with E-state index in [0.29, 0.717) is 10.2 Å². The van der Waals surface area contributed by atoms with E-state index in [-0.39, 0.29) is 0 Å². The van der Waals surface area contributed by atoms with Gasteiger partial charge in [0.1, 0.15) is 5.15 Å². The molecular formula is C7H4BrClF3N. The minimum absolute atomic E-state index is 0.296. The molecule has 0 bridgehead atoms. The fraction of sp³-hybridized carbons (Fsp3) is 0.286. The minimum atomic E-state index is -4.46. The Morgan fingerprint density at radius 1 is 1.46 bits per heavy atom. The monoisotopic (exact) mass is 273 g/mol. The van der Waals surface area contributed by atoms with E-state index < -0.39 is 16.9 Å². The molecule has 1 heterocycles. The van der Waals surface area contributed by atoms with Gasteiger partial charge in [0.05, 0.1) is 11.3 Å². The van der Waals surface area contributed by atoms with Crippen molar-refractivity contribution >= 4 is 27.5 Å². The first-order chi connectivity index (χ1) is 5.82. The van der Waals surface area contributed by atoms with Crippen molar-refractivity contribution in [1.82, 2.24) is 4.98 Å². The molecule has 0 spiro atoms. The van der Waals surface area contributed by atoms with E-state index in [0.717, 1.165) is 6.07 Å². The van der Waals surface area contributed by atoms with E-state index in [1.807, 2.05) is 0 Å². The van der Waals surface area contributed by atoms with Crippen LogP contribution >= 0.6 is 27.5 Å². The van der Waals surface area contributed by atoms with E-state index >= 15 is 0 Å². The summed E-state index contributed by atoms with van der Waals surface area (Å²) in [6, 6.07) is 0.921. The lowest BCUT2D eigenvalue weighted by molar-refractivity contribution is -0.137. The summed E-state index contributed by atoms with van der Waals surface area (Å²) >= 11 is 8.29. The highest BCUT2D eigenvalue weighted by Gasteiger charge is 2.34. The van der Waals surface area contributed by atoms with Gasteiger partial charge in [0.25, 0.3) is 0 Å². The van der Waals surface area contributed by atoms with Gasteiger partial charge in [-0.1, -0.05) is 11.6 Å². The number of hydrogen-bond acceptors (Lipinski definition) is 1. The first kappa shape index (κ1) is 10.8. The quantitative estimate of drug-likeness (QED) is 0.655. The Balaban J connectivity index is 3.32. The summed E-state index contributed by atoms with van der Waals surface area (Å²) in [5, 5.41) is -0.520. The van der Waals surface area contributed by atoms with Crippen LogP contribution in [0.2, 0.25) is 5.15 Å². The van der Waals surface area contributed by atoms with Gasteiger partial charge in [0.2, 0.25) is 0 Å². The fourth-order valence-electron chi connectivity index (χ4n) is 0.750. The van der Waals surface area contributed by atoms with Crippen molar-refractivity contribution in [2.24, 2.45) is 0 Å². The lowest BCUT2D eigenvalue weighted by Gasteiger charge is -2.09. The van der Waals surface area contributed by atoms with Gasteiger partial charge in [-0.3, -0.25) is 0 Å². The molecule has 1 rings (SSSR count). The molecule has 0 aromatic carbocycles. The van der Waals surface area contributed by atoms with Crippen LogP contribution in [0.5, 0.6) is 0 Å². The van der Waals surface area contributed by atoms with Crippen molar-refractivity contribution in [2.75, 3.05) is 0 Å². The second-order valence-corrected chi connectivity index (χ2v) is 3.60. The van der Waals surface area contributed by atoms with Gasteiger partial charge in [0.15, 0.2) is 0 Å². The highest BCUT2D eigenvalue weighted by molar-refractivity contribution is 9.10. The topological polar surface area (TPSA) is 12.9 Å². The third kappa shape index (κ3) is 2.34. The van der Waals surface area contributed by atoms with Gasteiger partial charge in [-0.15, -0.1) is 0 Å². The summed E-state index contributed by atoms with van der Waals surface area (Å²) < 4.78 is 36.9. The first-order valence-electron chi connectivity index (χ1n) is 3.22. The molecule has 0 saturated carbocycles. The Hall–Kier alpha value is -0.290. The Morgan fingerprint density at radius 3 is 2.46 bits per heavy atom. The molecule has 13 heavy (non-hydrogen) atoms. The zero-order chi connectivity index (χ0) is 10.2. The molecule has 0 aliphatic carbocycles. The number of aromatic nitrogens is 1. The molecule has 1 aromatic rings. The van der Waals surface area contributed by atoms with Gasteiger partial charge < -0.3 is 0 Å². The van der Waals surface area contributed by atoms with Crippen molar-refractivity contribution in [3.63, 3.8) is 0 Å². The number of rotatable bonds is 0. The third-order valence-electron chi connectivity index (χ3n) is 1.41. The lowest BCUT2D eigenvalue weighted by atomic mass is 10.2. The molecule has 1 aromatic heterocycles. The van der Waals surface area contributed by atoms with E-state index in [9.17, 15) is 13.2 Å². The Labute approximate surface area is 86.0 Å². The van der Waals surface area contributed by atoms with Crippen LogP contribution in [-0.2, 0) is 6.18 Å². The maximum Gasteiger partial charge on any atom is 0.419 e. The standard InChI is InChI=1S/C7H4BrClF3N/c1-3-5(8)2-4(6(9)13-3)7(10,11)12/h2H,1H3. The van der Waals surface area contributed by atoms with Crippen LogP contribution in [0.4, 0.5) is 13.2 Å². The van der Waals surface area contributed by atoms with Crippen LogP contribution in [0.1, 0.15) is 11.3 Å². The zero-order valence-electron chi connectivity index (χ0n) is 6.41. The van der Waals surface area contributed by atoms with Crippen molar-refractivity contribution in [1.29, 1.82) is 0 Å². The zero-order valence-corrected chi connectivity index (χ0v) is 8.76. The number of halogens is 5. The first-order valence-corrected chi connectivity index (χ1v) is 4.39. The molecule has 0 saturated heterocycles. The average molecular weight is 274 g/mol. The number of nitrogens with zero attached hydrogens (tertiary/aromatic N) is 1. The van der Waals surface area contributed by atoms with Crippen LogP contribution in [0.15, 0.2) is 10.5 Å². The Kier molecular flexibility index (Phi) is 2.87. The van der Waals surface area contributed by atoms with Gasteiger partial charge in [-0.25, -0.2) is 4.98 Å².